The van der Waals surface area contributed by atoms with Crippen LogP contribution >= 0.6 is 0 Å². The van der Waals surface area contributed by atoms with Crippen molar-refractivity contribution in [3.05, 3.63) is 59.2 Å². The van der Waals surface area contributed by atoms with Gasteiger partial charge in [0, 0.05) is 0 Å². The Morgan fingerprint density at radius 3 is 2.08 bits per heavy atom. The summed E-state index contributed by atoms with van der Waals surface area (Å²) < 4.78 is 44.3. The second-order valence-corrected chi connectivity index (χ2v) is 5.10. The standard InChI is InChI=1S/C17H12F3NO3/c1-2-24-14-8-7-10(17(18,19)20)9-13(14)21-15(22)11-5-3-4-6-12(11)16(21)23/h3-9H,2H2,1H3. The van der Waals surface area contributed by atoms with Crippen molar-refractivity contribution in [3.8, 4) is 5.75 Å². The Morgan fingerprint density at radius 2 is 1.58 bits per heavy atom. The van der Waals surface area contributed by atoms with Gasteiger partial charge < -0.3 is 4.74 Å². The molecular weight excluding hydrogens is 323 g/mol. The summed E-state index contributed by atoms with van der Waals surface area (Å²) >= 11 is 0. The van der Waals surface area contributed by atoms with Gasteiger partial charge in [-0.25, -0.2) is 4.90 Å². The number of rotatable bonds is 3. The van der Waals surface area contributed by atoms with Gasteiger partial charge in [0.2, 0.25) is 0 Å². The van der Waals surface area contributed by atoms with E-state index in [0.29, 0.717) is 0 Å². The smallest absolute Gasteiger partial charge is 0.416 e. The number of anilines is 1. The van der Waals surface area contributed by atoms with Gasteiger partial charge in [0.05, 0.1) is 29.0 Å². The minimum absolute atomic E-state index is 0.0417. The predicted molar refractivity (Wildman–Crippen MR) is 80.2 cm³/mol. The Morgan fingerprint density at radius 1 is 1.00 bits per heavy atom. The molecule has 0 radical (unpaired) electrons. The fraction of sp³-hybridized carbons (Fsp3) is 0.176. The van der Waals surface area contributed by atoms with E-state index in [2.05, 4.69) is 0 Å². The number of alkyl halides is 3. The van der Waals surface area contributed by atoms with Crippen molar-refractivity contribution in [2.75, 3.05) is 11.5 Å². The molecule has 7 heteroatoms. The fourth-order valence-electron chi connectivity index (χ4n) is 2.55. The van der Waals surface area contributed by atoms with Crippen LogP contribution in [0, 0.1) is 0 Å². The molecular formula is C17H12F3NO3. The third kappa shape index (κ3) is 2.51. The van der Waals surface area contributed by atoms with E-state index < -0.39 is 23.6 Å². The first kappa shape index (κ1) is 16.0. The highest BCUT2D eigenvalue weighted by Crippen LogP contribution is 2.39. The lowest BCUT2D eigenvalue weighted by atomic mass is 10.1. The molecule has 0 unspecified atom stereocenters. The Labute approximate surface area is 135 Å². The molecule has 2 aromatic carbocycles. The third-order valence-corrected chi connectivity index (χ3v) is 3.62. The first-order chi connectivity index (χ1) is 11.3. The van der Waals surface area contributed by atoms with E-state index in [1.165, 1.54) is 12.1 Å². The van der Waals surface area contributed by atoms with Crippen molar-refractivity contribution in [1.29, 1.82) is 0 Å². The lowest BCUT2D eigenvalue weighted by Crippen LogP contribution is -2.30. The number of halogens is 3. The number of carbonyl (C=O) groups is 2. The van der Waals surface area contributed by atoms with E-state index in [0.717, 1.165) is 23.1 Å². The average molecular weight is 335 g/mol. The summed E-state index contributed by atoms with van der Waals surface area (Å²) in [5.41, 5.74) is -0.861. The van der Waals surface area contributed by atoms with Gasteiger partial charge in [0.1, 0.15) is 5.75 Å². The molecule has 1 heterocycles. The van der Waals surface area contributed by atoms with Gasteiger partial charge in [-0.3, -0.25) is 9.59 Å². The average Bonchev–Trinajstić information content (AvgIpc) is 2.79. The minimum atomic E-state index is -4.60. The minimum Gasteiger partial charge on any atom is -0.492 e. The summed E-state index contributed by atoms with van der Waals surface area (Å²) in [5.74, 6) is -1.30. The van der Waals surface area contributed by atoms with Crippen LogP contribution in [0.1, 0.15) is 33.2 Å². The first-order valence-corrected chi connectivity index (χ1v) is 7.16. The van der Waals surface area contributed by atoms with Gasteiger partial charge in [0.25, 0.3) is 11.8 Å². The molecule has 0 aliphatic carbocycles. The monoisotopic (exact) mass is 335 g/mol. The fourth-order valence-corrected chi connectivity index (χ4v) is 2.55. The highest BCUT2D eigenvalue weighted by atomic mass is 19.4. The number of imide groups is 1. The summed E-state index contributed by atoms with van der Waals surface area (Å²) in [6.07, 6.45) is -4.60. The number of benzene rings is 2. The number of fused-ring (bicyclic) bond motifs is 1. The van der Waals surface area contributed by atoms with E-state index >= 15 is 0 Å². The summed E-state index contributed by atoms with van der Waals surface area (Å²) in [7, 11) is 0. The summed E-state index contributed by atoms with van der Waals surface area (Å²) in [4.78, 5) is 25.7. The molecule has 2 amide bonds. The van der Waals surface area contributed by atoms with Crippen molar-refractivity contribution in [3.63, 3.8) is 0 Å². The number of nitrogens with zero attached hydrogens (tertiary/aromatic N) is 1. The Balaban J connectivity index is 2.15. The molecule has 0 spiro atoms. The summed E-state index contributed by atoms with van der Waals surface area (Å²) in [6, 6.07) is 8.82. The van der Waals surface area contributed by atoms with Crippen LogP contribution in [0.4, 0.5) is 18.9 Å². The van der Waals surface area contributed by atoms with Crippen LogP contribution in [0.3, 0.4) is 0 Å². The van der Waals surface area contributed by atoms with Crippen molar-refractivity contribution < 1.29 is 27.5 Å². The normalized spacial score (nSPS) is 14.1. The summed E-state index contributed by atoms with van der Waals surface area (Å²) in [6.45, 7) is 1.84. The first-order valence-electron chi connectivity index (χ1n) is 7.16. The van der Waals surface area contributed by atoms with E-state index in [4.69, 9.17) is 4.74 Å². The predicted octanol–water partition coefficient (Wildman–Crippen LogP) is 3.90. The van der Waals surface area contributed by atoms with Crippen molar-refractivity contribution in [2.45, 2.75) is 13.1 Å². The van der Waals surface area contributed by atoms with Crippen LogP contribution < -0.4 is 9.64 Å². The van der Waals surface area contributed by atoms with E-state index in [1.807, 2.05) is 0 Å². The number of amides is 2. The molecule has 2 aromatic rings. The number of hydrogen-bond donors (Lipinski definition) is 0. The highest BCUT2D eigenvalue weighted by Gasteiger charge is 2.39. The maximum atomic E-state index is 13.0. The van der Waals surface area contributed by atoms with Gasteiger partial charge in [-0.2, -0.15) is 13.2 Å². The van der Waals surface area contributed by atoms with Crippen LogP contribution in [0.15, 0.2) is 42.5 Å². The quantitative estimate of drug-likeness (QED) is 0.799. The Bertz CT molecular complexity index is 795. The zero-order valence-corrected chi connectivity index (χ0v) is 12.6. The van der Waals surface area contributed by atoms with E-state index in [-0.39, 0.29) is 29.2 Å². The molecule has 0 saturated carbocycles. The second-order valence-electron chi connectivity index (χ2n) is 5.10. The van der Waals surface area contributed by atoms with Crippen LogP contribution in [0.2, 0.25) is 0 Å². The molecule has 0 bridgehead atoms. The highest BCUT2D eigenvalue weighted by molar-refractivity contribution is 6.34. The van der Waals surface area contributed by atoms with Crippen LogP contribution in [0.25, 0.3) is 0 Å². The van der Waals surface area contributed by atoms with Gasteiger partial charge in [-0.05, 0) is 37.3 Å². The molecule has 1 aliphatic heterocycles. The SMILES string of the molecule is CCOc1ccc(C(F)(F)F)cc1N1C(=O)c2ccccc2C1=O. The van der Waals surface area contributed by atoms with Gasteiger partial charge in [0.15, 0.2) is 0 Å². The molecule has 124 valence electrons. The topological polar surface area (TPSA) is 46.6 Å². The number of ether oxygens (including phenoxy) is 1. The zero-order chi connectivity index (χ0) is 17.5. The van der Waals surface area contributed by atoms with Gasteiger partial charge >= 0.3 is 6.18 Å². The molecule has 0 saturated heterocycles. The Kier molecular flexibility index (Phi) is 3.79. The van der Waals surface area contributed by atoms with Crippen molar-refractivity contribution in [2.24, 2.45) is 0 Å². The molecule has 0 atom stereocenters. The van der Waals surface area contributed by atoms with Crippen LogP contribution in [-0.4, -0.2) is 18.4 Å². The molecule has 24 heavy (non-hydrogen) atoms. The molecule has 0 N–H and O–H groups in total. The van der Waals surface area contributed by atoms with Crippen LogP contribution in [0.5, 0.6) is 5.75 Å². The second kappa shape index (κ2) is 5.67. The molecule has 1 aliphatic rings. The summed E-state index contributed by atoms with van der Waals surface area (Å²) in [5, 5.41) is 0. The molecule has 4 nitrogen and oxygen atoms in total. The van der Waals surface area contributed by atoms with Crippen molar-refractivity contribution in [1.82, 2.24) is 0 Å². The third-order valence-electron chi connectivity index (χ3n) is 3.62. The lowest BCUT2D eigenvalue weighted by Gasteiger charge is -2.20. The molecule has 0 aromatic heterocycles. The maximum Gasteiger partial charge on any atom is 0.416 e. The number of carbonyl (C=O) groups excluding carboxylic acids is 2. The van der Waals surface area contributed by atoms with Gasteiger partial charge in [-0.1, -0.05) is 12.1 Å². The Hall–Kier alpha value is -2.83. The largest absolute Gasteiger partial charge is 0.492 e. The molecule has 0 fully saturated rings. The maximum absolute atomic E-state index is 13.0. The molecule has 3 rings (SSSR count). The van der Waals surface area contributed by atoms with Crippen LogP contribution in [-0.2, 0) is 6.18 Å². The van der Waals surface area contributed by atoms with Crippen molar-refractivity contribution >= 4 is 17.5 Å². The van der Waals surface area contributed by atoms with E-state index in [9.17, 15) is 22.8 Å². The van der Waals surface area contributed by atoms with Gasteiger partial charge in [-0.15, -0.1) is 0 Å². The zero-order valence-electron chi connectivity index (χ0n) is 12.6. The lowest BCUT2D eigenvalue weighted by molar-refractivity contribution is -0.137. The van der Waals surface area contributed by atoms with E-state index in [1.54, 1.807) is 19.1 Å². The number of hydrogen-bond acceptors (Lipinski definition) is 3.